The normalized spacial score (nSPS) is 11.6. The molecule has 1 N–H and O–H groups in total. The van der Waals surface area contributed by atoms with Crippen LogP contribution in [0.2, 0.25) is 0 Å². The molecule has 2 aromatic heterocycles. The molecule has 0 bridgehead atoms. The Morgan fingerprint density at radius 1 is 1.19 bits per heavy atom. The first kappa shape index (κ1) is 25.7. The van der Waals surface area contributed by atoms with Gasteiger partial charge in [0.1, 0.15) is 28.5 Å². The summed E-state index contributed by atoms with van der Waals surface area (Å²) in [5.74, 6) is 1.62. The van der Waals surface area contributed by atoms with E-state index >= 15 is 0 Å². The van der Waals surface area contributed by atoms with E-state index < -0.39 is 11.7 Å². The Morgan fingerprint density at radius 2 is 1.92 bits per heavy atom. The number of ether oxygens (including phenoxy) is 1. The molecule has 36 heavy (non-hydrogen) atoms. The van der Waals surface area contributed by atoms with Crippen molar-refractivity contribution in [3.63, 3.8) is 0 Å². The van der Waals surface area contributed by atoms with Crippen LogP contribution in [0.3, 0.4) is 0 Å². The molecule has 4 aromatic rings. The second kappa shape index (κ2) is 10.3. The zero-order chi connectivity index (χ0) is 26.0. The highest BCUT2D eigenvalue weighted by Crippen LogP contribution is 2.38. The van der Waals surface area contributed by atoms with Gasteiger partial charge < -0.3 is 13.7 Å². The van der Waals surface area contributed by atoms with Crippen molar-refractivity contribution in [1.82, 2.24) is 9.55 Å². The van der Waals surface area contributed by atoms with Crippen LogP contribution in [0.25, 0.3) is 22.3 Å². The van der Waals surface area contributed by atoms with Crippen LogP contribution in [0, 0.1) is 6.92 Å². The van der Waals surface area contributed by atoms with Crippen molar-refractivity contribution in [3.8, 4) is 11.3 Å². The number of aromatic nitrogens is 2. The fraction of sp³-hybridized carbons (Fsp3) is 0.321. The van der Waals surface area contributed by atoms with Crippen molar-refractivity contribution in [2.24, 2.45) is 0 Å². The van der Waals surface area contributed by atoms with Gasteiger partial charge >= 0.3 is 6.09 Å². The van der Waals surface area contributed by atoms with Crippen molar-refractivity contribution < 1.29 is 18.7 Å². The summed E-state index contributed by atoms with van der Waals surface area (Å²) in [4.78, 5) is 28.3. The lowest BCUT2D eigenvalue weighted by atomic mass is 10.1. The molecule has 2 heterocycles. The van der Waals surface area contributed by atoms with E-state index in [0.717, 1.165) is 57.2 Å². The Kier molecular flexibility index (Phi) is 7.36. The SMILES string of the molecule is CCCc1nc(C)c(C=O)n1Cc1ccc2oc(-c3ccc(NC(=O)OC(C)(C)C)cc3)c(Br)c2c1. The molecule has 0 aliphatic rings. The smallest absolute Gasteiger partial charge is 0.412 e. The van der Waals surface area contributed by atoms with Gasteiger partial charge in [0.05, 0.1) is 10.2 Å². The maximum absolute atomic E-state index is 12.0. The molecule has 8 heteroatoms. The molecule has 0 fully saturated rings. The average molecular weight is 552 g/mol. The molecule has 0 saturated carbocycles. The Hall–Kier alpha value is -3.39. The first-order valence-electron chi connectivity index (χ1n) is 11.9. The van der Waals surface area contributed by atoms with Gasteiger partial charge in [0.2, 0.25) is 0 Å². The molecule has 1 amide bonds. The number of furan rings is 1. The Morgan fingerprint density at radius 3 is 2.56 bits per heavy atom. The highest BCUT2D eigenvalue weighted by atomic mass is 79.9. The number of fused-ring (bicyclic) bond motifs is 1. The van der Waals surface area contributed by atoms with Crippen LogP contribution in [-0.2, 0) is 17.7 Å². The maximum atomic E-state index is 12.0. The van der Waals surface area contributed by atoms with Gasteiger partial charge in [0, 0.05) is 29.6 Å². The molecule has 4 rings (SSSR count). The number of benzene rings is 2. The lowest BCUT2D eigenvalue weighted by Crippen LogP contribution is -2.27. The van der Waals surface area contributed by atoms with E-state index in [-0.39, 0.29) is 0 Å². The van der Waals surface area contributed by atoms with Crippen LogP contribution >= 0.6 is 15.9 Å². The quantitative estimate of drug-likeness (QED) is 0.240. The number of hydrogen-bond donors (Lipinski definition) is 1. The van der Waals surface area contributed by atoms with Crippen molar-refractivity contribution >= 4 is 45.0 Å². The van der Waals surface area contributed by atoms with Crippen LogP contribution in [0.1, 0.15) is 61.7 Å². The molecule has 0 saturated heterocycles. The van der Waals surface area contributed by atoms with E-state index in [1.165, 1.54) is 0 Å². The lowest BCUT2D eigenvalue weighted by molar-refractivity contribution is 0.0636. The van der Waals surface area contributed by atoms with Gasteiger partial charge in [-0.05, 0) is 92.0 Å². The molecule has 0 aliphatic heterocycles. The molecule has 2 aromatic carbocycles. The third-order valence-corrected chi connectivity index (χ3v) is 6.47. The van der Waals surface area contributed by atoms with E-state index in [1.54, 1.807) is 0 Å². The third kappa shape index (κ3) is 5.54. The number of hydrogen-bond acceptors (Lipinski definition) is 5. The Balaban J connectivity index is 1.59. The number of nitrogens with zero attached hydrogens (tertiary/aromatic N) is 2. The summed E-state index contributed by atoms with van der Waals surface area (Å²) in [5, 5.41) is 3.68. The Bertz CT molecular complexity index is 1410. The topological polar surface area (TPSA) is 86.4 Å². The van der Waals surface area contributed by atoms with Crippen LogP contribution in [-0.4, -0.2) is 27.5 Å². The molecular formula is C28H30BrN3O4. The van der Waals surface area contributed by atoms with Crippen LogP contribution in [0.15, 0.2) is 51.4 Å². The Labute approximate surface area is 219 Å². The molecule has 0 spiro atoms. The van der Waals surface area contributed by atoms with Crippen LogP contribution < -0.4 is 5.32 Å². The third-order valence-electron chi connectivity index (χ3n) is 5.68. The zero-order valence-corrected chi connectivity index (χ0v) is 22.7. The maximum Gasteiger partial charge on any atom is 0.412 e. The molecule has 0 radical (unpaired) electrons. The van der Waals surface area contributed by atoms with E-state index in [2.05, 4.69) is 39.2 Å². The van der Waals surface area contributed by atoms with Crippen molar-refractivity contribution in [3.05, 3.63) is 69.7 Å². The summed E-state index contributed by atoms with van der Waals surface area (Å²) in [5.41, 5.74) is 4.11. The van der Waals surface area contributed by atoms with Gasteiger partial charge in [-0.3, -0.25) is 10.1 Å². The number of amides is 1. The van der Waals surface area contributed by atoms with E-state index in [4.69, 9.17) is 9.15 Å². The van der Waals surface area contributed by atoms with Crippen molar-refractivity contribution in [2.45, 2.75) is 59.6 Å². The number of carbonyl (C=O) groups is 2. The summed E-state index contributed by atoms with van der Waals surface area (Å²) in [6.45, 7) is 9.99. The fourth-order valence-corrected chi connectivity index (χ4v) is 4.71. The van der Waals surface area contributed by atoms with Crippen molar-refractivity contribution in [1.29, 1.82) is 0 Å². The van der Waals surface area contributed by atoms with Gasteiger partial charge in [0.25, 0.3) is 0 Å². The highest BCUT2D eigenvalue weighted by molar-refractivity contribution is 9.10. The summed E-state index contributed by atoms with van der Waals surface area (Å²) < 4.78 is 14.3. The van der Waals surface area contributed by atoms with E-state index in [1.807, 2.05) is 68.7 Å². The number of anilines is 1. The van der Waals surface area contributed by atoms with Gasteiger partial charge in [-0.2, -0.15) is 0 Å². The molecule has 188 valence electrons. The minimum Gasteiger partial charge on any atom is -0.455 e. The number of rotatable bonds is 7. The molecule has 0 aliphatic carbocycles. The predicted octanol–water partition coefficient (Wildman–Crippen LogP) is 7.53. The monoisotopic (exact) mass is 551 g/mol. The van der Waals surface area contributed by atoms with Crippen molar-refractivity contribution in [2.75, 3.05) is 5.32 Å². The standard InChI is InChI=1S/C28H30BrN3O4/c1-6-7-24-30-17(2)22(16-33)32(24)15-18-8-13-23-21(14-18)25(29)26(35-23)19-9-11-20(12-10-19)31-27(34)36-28(3,4)5/h8-14,16H,6-7,15H2,1-5H3,(H,31,34). The van der Waals surface area contributed by atoms with Gasteiger partial charge in [-0.15, -0.1) is 0 Å². The summed E-state index contributed by atoms with van der Waals surface area (Å²) in [7, 11) is 0. The summed E-state index contributed by atoms with van der Waals surface area (Å²) >= 11 is 3.71. The average Bonchev–Trinajstić information content (AvgIpc) is 3.29. The number of halogens is 1. The fourth-order valence-electron chi connectivity index (χ4n) is 4.09. The van der Waals surface area contributed by atoms with Crippen LogP contribution in [0.4, 0.5) is 10.5 Å². The van der Waals surface area contributed by atoms with E-state index in [0.29, 0.717) is 23.7 Å². The summed E-state index contributed by atoms with van der Waals surface area (Å²) in [6, 6.07) is 13.4. The zero-order valence-electron chi connectivity index (χ0n) is 21.1. The van der Waals surface area contributed by atoms with Gasteiger partial charge in [0.15, 0.2) is 6.29 Å². The molecule has 0 atom stereocenters. The lowest BCUT2D eigenvalue weighted by Gasteiger charge is -2.19. The number of aldehydes is 1. The van der Waals surface area contributed by atoms with Gasteiger partial charge in [-0.25, -0.2) is 9.78 Å². The predicted molar refractivity (Wildman–Crippen MR) is 145 cm³/mol. The second-order valence-electron chi connectivity index (χ2n) is 9.73. The first-order valence-corrected chi connectivity index (χ1v) is 12.7. The first-order chi connectivity index (χ1) is 17.1. The van der Waals surface area contributed by atoms with Crippen LogP contribution in [0.5, 0.6) is 0 Å². The number of nitrogens with one attached hydrogen (secondary N) is 1. The van der Waals surface area contributed by atoms with E-state index in [9.17, 15) is 9.59 Å². The number of aryl methyl sites for hydroxylation is 2. The number of imidazole rings is 1. The molecular weight excluding hydrogens is 522 g/mol. The highest BCUT2D eigenvalue weighted by Gasteiger charge is 2.18. The number of carbonyl (C=O) groups excluding carboxylic acids is 2. The minimum atomic E-state index is -0.564. The van der Waals surface area contributed by atoms with Gasteiger partial charge in [-0.1, -0.05) is 13.0 Å². The molecule has 0 unspecified atom stereocenters. The summed E-state index contributed by atoms with van der Waals surface area (Å²) in [6.07, 6.45) is 2.15. The largest absolute Gasteiger partial charge is 0.455 e. The molecule has 7 nitrogen and oxygen atoms in total. The minimum absolute atomic E-state index is 0.499. The second-order valence-corrected chi connectivity index (χ2v) is 10.5.